The number of rotatable bonds is 5. The smallest absolute Gasteiger partial charge is 0.240 e. The topological polar surface area (TPSA) is 84.7 Å². The van der Waals surface area contributed by atoms with Crippen LogP contribution < -0.4 is 15.8 Å². The van der Waals surface area contributed by atoms with E-state index in [1.165, 1.54) is 0 Å². The Kier molecular flexibility index (Phi) is 6.64. The van der Waals surface area contributed by atoms with Crippen LogP contribution >= 0.6 is 0 Å². The number of likely N-dealkylation sites (tertiary alicyclic amines) is 1. The van der Waals surface area contributed by atoms with Crippen molar-refractivity contribution in [1.82, 2.24) is 10.2 Å². The lowest BCUT2D eigenvalue weighted by atomic mass is 9.85. The highest BCUT2D eigenvalue weighted by molar-refractivity contribution is 5.83. The molecule has 0 saturated carbocycles. The van der Waals surface area contributed by atoms with Crippen molar-refractivity contribution in [3.05, 3.63) is 29.8 Å². The maximum atomic E-state index is 12.5. The van der Waals surface area contributed by atoms with E-state index in [4.69, 9.17) is 10.5 Å². The minimum atomic E-state index is -0.511. The molecule has 1 aromatic carbocycles. The second kappa shape index (κ2) is 8.54. The average molecular weight is 361 g/mol. The van der Waals surface area contributed by atoms with E-state index in [9.17, 15) is 9.59 Å². The van der Waals surface area contributed by atoms with Gasteiger partial charge in [0.15, 0.2) is 0 Å². The molecule has 6 heteroatoms. The van der Waals surface area contributed by atoms with Crippen LogP contribution in [0.25, 0.3) is 0 Å². The van der Waals surface area contributed by atoms with Crippen LogP contribution in [0.4, 0.5) is 0 Å². The van der Waals surface area contributed by atoms with Crippen molar-refractivity contribution in [2.75, 3.05) is 20.2 Å². The molecule has 1 aromatic rings. The predicted molar refractivity (Wildman–Crippen MR) is 102 cm³/mol. The number of amides is 2. The zero-order valence-corrected chi connectivity index (χ0v) is 16.2. The van der Waals surface area contributed by atoms with Gasteiger partial charge in [-0.3, -0.25) is 9.59 Å². The van der Waals surface area contributed by atoms with Gasteiger partial charge in [-0.25, -0.2) is 0 Å². The molecular weight excluding hydrogens is 330 g/mol. The Hall–Kier alpha value is -2.08. The summed E-state index contributed by atoms with van der Waals surface area (Å²) in [5.74, 6) is 0.774. The van der Waals surface area contributed by atoms with Crippen molar-refractivity contribution in [2.45, 2.75) is 46.2 Å². The Morgan fingerprint density at radius 1 is 1.23 bits per heavy atom. The molecule has 1 atom stereocenters. The third-order valence-corrected chi connectivity index (χ3v) is 5.00. The fourth-order valence-electron chi connectivity index (χ4n) is 3.01. The molecular formula is C20H31N3O3. The number of nitrogens with one attached hydrogen (secondary N) is 1. The van der Waals surface area contributed by atoms with E-state index < -0.39 is 6.04 Å². The molecule has 1 heterocycles. The van der Waals surface area contributed by atoms with Gasteiger partial charge in [0.05, 0.1) is 13.2 Å². The maximum Gasteiger partial charge on any atom is 0.240 e. The summed E-state index contributed by atoms with van der Waals surface area (Å²) in [5, 5.41) is 2.99. The molecule has 2 amide bonds. The average Bonchev–Trinajstić information content (AvgIpc) is 2.64. The SMILES string of the molecule is COc1ccc(CNC(=O)C2CCN(C(=O)[C@@H](N)C(C)(C)C)CC2)cc1. The molecule has 0 aliphatic carbocycles. The molecule has 1 saturated heterocycles. The van der Waals surface area contributed by atoms with Gasteiger partial charge < -0.3 is 20.7 Å². The monoisotopic (exact) mass is 361 g/mol. The van der Waals surface area contributed by atoms with Gasteiger partial charge >= 0.3 is 0 Å². The number of nitrogens with two attached hydrogens (primary N) is 1. The molecule has 2 rings (SSSR count). The van der Waals surface area contributed by atoms with Gasteiger partial charge in [0.25, 0.3) is 0 Å². The summed E-state index contributed by atoms with van der Waals surface area (Å²) in [6, 6.07) is 7.12. The first kappa shape index (κ1) is 20.2. The molecule has 1 fully saturated rings. The minimum Gasteiger partial charge on any atom is -0.497 e. The number of carbonyl (C=O) groups is 2. The van der Waals surface area contributed by atoms with Crippen LogP contribution in [0.1, 0.15) is 39.2 Å². The van der Waals surface area contributed by atoms with Crippen molar-refractivity contribution < 1.29 is 14.3 Å². The van der Waals surface area contributed by atoms with Crippen LogP contribution in [0, 0.1) is 11.3 Å². The number of carbonyl (C=O) groups excluding carboxylic acids is 2. The fraction of sp³-hybridized carbons (Fsp3) is 0.600. The summed E-state index contributed by atoms with van der Waals surface area (Å²) in [5.41, 5.74) is 6.84. The molecule has 0 aromatic heterocycles. The Morgan fingerprint density at radius 2 is 1.81 bits per heavy atom. The summed E-state index contributed by atoms with van der Waals surface area (Å²) in [6.07, 6.45) is 1.36. The standard InChI is InChI=1S/C20H31N3O3/c1-20(2,3)17(21)19(25)23-11-9-15(10-12-23)18(24)22-13-14-5-7-16(26-4)8-6-14/h5-8,15,17H,9-13,21H2,1-4H3,(H,22,24)/t17-/m1/s1. The number of hydrogen-bond donors (Lipinski definition) is 2. The number of nitrogens with zero attached hydrogens (tertiary/aromatic N) is 1. The van der Waals surface area contributed by atoms with Gasteiger partial charge in [-0.15, -0.1) is 0 Å². The highest BCUT2D eigenvalue weighted by Gasteiger charge is 2.34. The van der Waals surface area contributed by atoms with Crippen LogP contribution in [0.15, 0.2) is 24.3 Å². The summed E-state index contributed by atoms with van der Waals surface area (Å²) < 4.78 is 5.13. The zero-order chi connectivity index (χ0) is 19.3. The molecule has 26 heavy (non-hydrogen) atoms. The zero-order valence-electron chi connectivity index (χ0n) is 16.2. The first-order valence-electron chi connectivity index (χ1n) is 9.17. The normalized spacial score (nSPS) is 16.9. The van der Waals surface area contributed by atoms with Crippen LogP contribution in [0.3, 0.4) is 0 Å². The summed E-state index contributed by atoms with van der Waals surface area (Å²) in [4.78, 5) is 26.7. The lowest BCUT2D eigenvalue weighted by Crippen LogP contribution is -2.53. The highest BCUT2D eigenvalue weighted by atomic mass is 16.5. The molecule has 6 nitrogen and oxygen atoms in total. The van der Waals surface area contributed by atoms with Gasteiger partial charge in [0.2, 0.25) is 11.8 Å². The molecule has 1 aliphatic heterocycles. The lowest BCUT2D eigenvalue weighted by molar-refractivity contribution is -0.138. The highest BCUT2D eigenvalue weighted by Crippen LogP contribution is 2.23. The largest absolute Gasteiger partial charge is 0.497 e. The third kappa shape index (κ3) is 5.21. The molecule has 3 N–H and O–H groups in total. The van der Waals surface area contributed by atoms with E-state index in [2.05, 4.69) is 5.32 Å². The van der Waals surface area contributed by atoms with E-state index >= 15 is 0 Å². The van der Waals surface area contributed by atoms with Gasteiger partial charge in [0.1, 0.15) is 5.75 Å². The number of benzene rings is 1. The summed E-state index contributed by atoms with van der Waals surface area (Å²) in [6.45, 7) is 7.57. The van der Waals surface area contributed by atoms with Gasteiger partial charge in [0, 0.05) is 25.6 Å². The molecule has 1 aliphatic rings. The number of piperidine rings is 1. The Morgan fingerprint density at radius 3 is 2.31 bits per heavy atom. The van der Waals surface area contributed by atoms with Gasteiger partial charge in [-0.05, 0) is 36.0 Å². The Balaban J connectivity index is 1.79. The quantitative estimate of drug-likeness (QED) is 0.839. The van der Waals surface area contributed by atoms with E-state index in [0.29, 0.717) is 32.5 Å². The fourth-order valence-corrected chi connectivity index (χ4v) is 3.01. The van der Waals surface area contributed by atoms with Crippen LogP contribution in [0.2, 0.25) is 0 Å². The second-order valence-corrected chi connectivity index (χ2v) is 8.01. The second-order valence-electron chi connectivity index (χ2n) is 8.01. The lowest BCUT2D eigenvalue weighted by Gasteiger charge is -2.36. The molecule has 0 radical (unpaired) electrons. The van der Waals surface area contributed by atoms with Crippen molar-refractivity contribution in [3.8, 4) is 5.75 Å². The van der Waals surface area contributed by atoms with Gasteiger partial charge in [-0.1, -0.05) is 32.9 Å². The number of ether oxygens (including phenoxy) is 1. The number of hydrogen-bond acceptors (Lipinski definition) is 4. The minimum absolute atomic E-state index is 0.0189. The van der Waals surface area contributed by atoms with Crippen molar-refractivity contribution in [3.63, 3.8) is 0 Å². The van der Waals surface area contributed by atoms with E-state index in [1.54, 1.807) is 12.0 Å². The predicted octanol–water partition coefficient (Wildman–Crippen LogP) is 1.92. The maximum absolute atomic E-state index is 12.5. The first-order chi connectivity index (χ1) is 12.2. The Bertz CT molecular complexity index is 614. The molecule has 0 unspecified atom stereocenters. The van der Waals surface area contributed by atoms with Crippen LogP contribution in [0.5, 0.6) is 5.75 Å². The first-order valence-corrected chi connectivity index (χ1v) is 9.17. The van der Waals surface area contributed by atoms with E-state index in [-0.39, 0.29) is 23.1 Å². The van der Waals surface area contributed by atoms with Crippen molar-refractivity contribution in [1.29, 1.82) is 0 Å². The molecule has 0 spiro atoms. The van der Waals surface area contributed by atoms with E-state index in [0.717, 1.165) is 11.3 Å². The number of methoxy groups -OCH3 is 1. The van der Waals surface area contributed by atoms with E-state index in [1.807, 2.05) is 45.0 Å². The van der Waals surface area contributed by atoms with Crippen LogP contribution in [-0.2, 0) is 16.1 Å². The molecule has 0 bridgehead atoms. The van der Waals surface area contributed by atoms with Gasteiger partial charge in [-0.2, -0.15) is 0 Å². The molecule has 144 valence electrons. The summed E-state index contributed by atoms with van der Waals surface area (Å²) >= 11 is 0. The third-order valence-electron chi connectivity index (χ3n) is 5.00. The Labute approximate surface area is 156 Å². The van der Waals surface area contributed by atoms with Crippen molar-refractivity contribution >= 4 is 11.8 Å². The van der Waals surface area contributed by atoms with Crippen LogP contribution in [-0.4, -0.2) is 43.0 Å². The van der Waals surface area contributed by atoms with Crippen molar-refractivity contribution in [2.24, 2.45) is 17.1 Å². The summed E-state index contributed by atoms with van der Waals surface area (Å²) in [7, 11) is 1.63.